The molecule has 0 unspecified atom stereocenters. The fourth-order valence-corrected chi connectivity index (χ4v) is 3.25. The van der Waals surface area contributed by atoms with Crippen molar-refractivity contribution < 1.29 is 19.8 Å². The van der Waals surface area contributed by atoms with Crippen LogP contribution in [0.15, 0.2) is 24.3 Å². The molecular weight excluding hydrogens is 316 g/mol. The van der Waals surface area contributed by atoms with Crippen LogP contribution in [0.25, 0.3) is 0 Å². The Morgan fingerprint density at radius 3 is 2.00 bits per heavy atom. The van der Waals surface area contributed by atoms with E-state index in [2.05, 4.69) is 13.8 Å². The minimum atomic E-state index is -1.30. The molecule has 5 heteroatoms. The molecule has 0 saturated carbocycles. The molecule has 1 aromatic rings. The summed E-state index contributed by atoms with van der Waals surface area (Å²) in [7, 11) is 0. The predicted octanol–water partition coefficient (Wildman–Crippen LogP) is 4.74. The van der Waals surface area contributed by atoms with Crippen LogP contribution in [0.4, 0.5) is 0 Å². The Morgan fingerprint density at radius 1 is 1.04 bits per heavy atom. The maximum Gasteiger partial charge on any atom is 0.317 e. The van der Waals surface area contributed by atoms with Crippen LogP contribution < -0.4 is 0 Å². The van der Waals surface area contributed by atoms with E-state index in [4.69, 9.17) is 21.8 Å². The molecule has 23 heavy (non-hydrogen) atoms. The third-order valence-electron chi connectivity index (χ3n) is 4.80. The highest BCUT2D eigenvalue weighted by Crippen LogP contribution is 2.37. The molecule has 0 heterocycles. The first-order valence-corrected chi connectivity index (χ1v) is 8.45. The quantitative estimate of drug-likeness (QED) is 0.476. The van der Waals surface area contributed by atoms with Crippen LogP contribution >= 0.6 is 11.6 Å². The molecule has 0 aliphatic rings. The van der Waals surface area contributed by atoms with Crippen molar-refractivity contribution in [1.29, 1.82) is 0 Å². The summed E-state index contributed by atoms with van der Waals surface area (Å²) in [5.74, 6) is -3.82. The Bertz CT molecular complexity index is 506. The minimum Gasteiger partial charge on any atom is -0.481 e. The van der Waals surface area contributed by atoms with E-state index in [1.54, 1.807) is 0 Å². The van der Waals surface area contributed by atoms with Crippen LogP contribution in [0.3, 0.4) is 0 Å². The monoisotopic (exact) mass is 340 g/mol. The Balaban J connectivity index is 2.68. The lowest BCUT2D eigenvalue weighted by molar-refractivity contribution is -0.154. The molecular formula is C18H25ClO4. The molecule has 2 N–H and O–H groups in total. The van der Waals surface area contributed by atoms with Crippen molar-refractivity contribution in [3.05, 3.63) is 34.9 Å². The lowest BCUT2D eigenvalue weighted by Gasteiger charge is -2.33. The Hall–Kier alpha value is -1.55. The van der Waals surface area contributed by atoms with Gasteiger partial charge in [0.15, 0.2) is 5.92 Å². The highest BCUT2D eigenvalue weighted by atomic mass is 35.5. The fourth-order valence-electron chi connectivity index (χ4n) is 3.12. The zero-order valence-corrected chi connectivity index (χ0v) is 14.5. The van der Waals surface area contributed by atoms with Gasteiger partial charge in [-0.3, -0.25) is 9.59 Å². The Morgan fingerprint density at radius 2 is 1.57 bits per heavy atom. The van der Waals surface area contributed by atoms with Crippen LogP contribution in [0, 0.1) is 5.92 Å². The molecule has 0 aliphatic heterocycles. The van der Waals surface area contributed by atoms with E-state index in [1.807, 2.05) is 24.3 Å². The summed E-state index contributed by atoms with van der Waals surface area (Å²) in [5.41, 5.74) is 1.27. The van der Waals surface area contributed by atoms with Gasteiger partial charge >= 0.3 is 11.9 Å². The van der Waals surface area contributed by atoms with E-state index < -0.39 is 17.9 Å². The summed E-state index contributed by atoms with van der Waals surface area (Å²) in [4.78, 5) is 21.8. The van der Waals surface area contributed by atoms with Gasteiger partial charge in [0, 0.05) is 5.02 Å². The minimum absolute atomic E-state index is 0.0343. The average Bonchev–Trinajstić information content (AvgIpc) is 2.51. The summed E-state index contributed by atoms with van der Waals surface area (Å²) in [5, 5.41) is 18.5. The SMILES string of the molecule is CCC(CC)(CCCCC(C(=O)O)C(=O)O)c1ccc(Cl)cc1. The number of hydrogen-bond acceptors (Lipinski definition) is 2. The van der Waals surface area contributed by atoms with Gasteiger partial charge in [-0.15, -0.1) is 0 Å². The summed E-state index contributed by atoms with van der Waals surface area (Å²) in [6.07, 6.45) is 4.45. The standard InChI is InChI=1S/C18H25ClO4/c1-3-18(4-2,13-8-10-14(19)11-9-13)12-6-5-7-15(16(20)21)17(22)23/h8-11,15H,3-7,12H2,1-2H3,(H,20,21)(H,22,23). The van der Waals surface area contributed by atoms with Crippen molar-refractivity contribution in [3.63, 3.8) is 0 Å². The number of benzene rings is 1. The zero-order valence-electron chi connectivity index (χ0n) is 13.7. The van der Waals surface area contributed by atoms with Crippen molar-refractivity contribution >= 4 is 23.5 Å². The predicted molar refractivity (Wildman–Crippen MR) is 90.9 cm³/mol. The number of aliphatic carboxylic acids is 2. The van der Waals surface area contributed by atoms with Gasteiger partial charge in [-0.25, -0.2) is 0 Å². The van der Waals surface area contributed by atoms with Crippen molar-refractivity contribution in [2.75, 3.05) is 0 Å². The lowest BCUT2D eigenvalue weighted by Crippen LogP contribution is -2.25. The van der Waals surface area contributed by atoms with Gasteiger partial charge in [-0.05, 0) is 48.8 Å². The summed E-state index contributed by atoms with van der Waals surface area (Å²) in [6.45, 7) is 4.30. The number of carbonyl (C=O) groups is 2. The molecule has 0 aliphatic carbocycles. The molecule has 4 nitrogen and oxygen atoms in total. The van der Waals surface area contributed by atoms with Gasteiger partial charge < -0.3 is 10.2 Å². The molecule has 128 valence electrons. The molecule has 0 amide bonds. The number of carboxylic acid groups (broad SMARTS) is 2. The number of hydrogen-bond donors (Lipinski definition) is 2. The normalized spacial score (nSPS) is 11.7. The van der Waals surface area contributed by atoms with E-state index in [0.717, 1.165) is 25.7 Å². The van der Waals surface area contributed by atoms with Gasteiger partial charge in [0.25, 0.3) is 0 Å². The molecule has 0 bridgehead atoms. The second-order valence-electron chi connectivity index (χ2n) is 5.97. The van der Waals surface area contributed by atoms with E-state index in [-0.39, 0.29) is 11.8 Å². The molecule has 0 spiro atoms. The van der Waals surface area contributed by atoms with Gasteiger partial charge in [-0.2, -0.15) is 0 Å². The number of unbranched alkanes of at least 4 members (excludes halogenated alkanes) is 1. The van der Waals surface area contributed by atoms with Crippen molar-refractivity contribution in [3.8, 4) is 0 Å². The van der Waals surface area contributed by atoms with Gasteiger partial charge in [-0.1, -0.05) is 50.4 Å². The van der Waals surface area contributed by atoms with Gasteiger partial charge in [0.1, 0.15) is 0 Å². The maximum atomic E-state index is 10.9. The van der Waals surface area contributed by atoms with Crippen molar-refractivity contribution in [1.82, 2.24) is 0 Å². The second-order valence-corrected chi connectivity index (χ2v) is 6.41. The van der Waals surface area contributed by atoms with Crippen LogP contribution in [0.1, 0.15) is 57.9 Å². The largest absolute Gasteiger partial charge is 0.481 e. The van der Waals surface area contributed by atoms with E-state index >= 15 is 0 Å². The zero-order chi connectivity index (χ0) is 17.5. The molecule has 1 rings (SSSR count). The molecule has 1 aromatic carbocycles. The number of halogens is 1. The fraction of sp³-hybridized carbons (Fsp3) is 0.556. The third kappa shape index (κ3) is 5.24. The smallest absolute Gasteiger partial charge is 0.317 e. The van der Waals surface area contributed by atoms with Crippen molar-refractivity contribution in [2.45, 2.75) is 57.8 Å². The van der Waals surface area contributed by atoms with Crippen molar-refractivity contribution in [2.24, 2.45) is 5.92 Å². The van der Waals surface area contributed by atoms with Crippen LogP contribution in [-0.2, 0) is 15.0 Å². The van der Waals surface area contributed by atoms with E-state index in [1.165, 1.54) is 5.56 Å². The molecule has 0 fully saturated rings. The van der Waals surface area contributed by atoms with Crippen LogP contribution in [0.2, 0.25) is 5.02 Å². The number of carboxylic acids is 2. The third-order valence-corrected chi connectivity index (χ3v) is 5.06. The average molecular weight is 341 g/mol. The van der Waals surface area contributed by atoms with Crippen LogP contribution in [-0.4, -0.2) is 22.2 Å². The second kappa shape index (κ2) is 8.92. The Kier molecular flexibility index (Phi) is 7.56. The topological polar surface area (TPSA) is 74.6 Å². The Labute approximate surface area is 142 Å². The summed E-state index contributed by atoms with van der Waals surface area (Å²) >= 11 is 5.96. The van der Waals surface area contributed by atoms with Gasteiger partial charge in [0.05, 0.1) is 0 Å². The first-order valence-electron chi connectivity index (χ1n) is 8.08. The first-order chi connectivity index (χ1) is 10.9. The molecule has 0 radical (unpaired) electrons. The first kappa shape index (κ1) is 19.5. The van der Waals surface area contributed by atoms with Crippen LogP contribution in [0.5, 0.6) is 0 Å². The van der Waals surface area contributed by atoms with Gasteiger partial charge in [0.2, 0.25) is 0 Å². The summed E-state index contributed by atoms with van der Waals surface area (Å²) < 4.78 is 0. The lowest BCUT2D eigenvalue weighted by atomic mass is 9.72. The number of rotatable bonds is 10. The molecule has 0 saturated heterocycles. The molecule has 0 aromatic heterocycles. The maximum absolute atomic E-state index is 10.9. The summed E-state index contributed by atoms with van der Waals surface area (Å²) in [6, 6.07) is 7.88. The van der Waals surface area contributed by atoms with E-state index in [9.17, 15) is 9.59 Å². The van der Waals surface area contributed by atoms with E-state index in [0.29, 0.717) is 11.4 Å². The highest BCUT2D eigenvalue weighted by Gasteiger charge is 2.29. The molecule has 0 atom stereocenters. The highest BCUT2D eigenvalue weighted by molar-refractivity contribution is 6.30.